The highest BCUT2D eigenvalue weighted by molar-refractivity contribution is 6.13. The first-order chi connectivity index (χ1) is 17.7. The van der Waals surface area contributed by atoms with Crippen molar-refractivity contribution in [2.75, 3.05) is 28.3 Å². The standard InChI is InChI=1S/C29H40N4O4/c1-20(8-6-11-27(32-36)37-5)28(34)31-25-18-22(24(30-2)19-26(25)33(3)4)10-7-9-21-14-16-29(35,17-15-21)23-12-13-23/h6-11,18-19,21,23,35-36H,12-17H2,1-5H3,(H,31,34)/b9-7+,11-6-,20-8+,22-10-,30-24?,32-27-. The maximum absolute atomic E-state index is 12.9. The van der Waals surface area contributed by atoms with Crippen molar-refractivity contribution >= 4 is 17.5 Å². The Morgan fingerprint density at radius 3 is 2.46 bits per heavy atom. The molecule has 2 saturated carbocycles. The molecule has 3 rings (SSSR count). The van der Waals surface area contributed by atoms with Crippen LogP contribution in [0.5, 0.6) is 0 Å². The molecule has 3 aliphatic carbocycles. The van der Waals surface area contributed by atoms with Crippen LogP contribution in [0.2, 0.25) is 0 Å². The normalized spacial score (nSPS) is 27.6. The predicted molar refractivity (Wildman–Crippen MR) is 147 cm³/mol. The molecular formula is C29H40N4O4. The first-order valence-corrected chi connectivity index (χ1v) is 12.8. The molecular weight excluding hydrogens is 468 g/mol. The van der Waals surface area contributed by atoms with Crippen LogP contribution < -0.4 is 5.32 Å². The quantitative estimate of drug-likeness (QED) is 0.113. The van der Waals surface area contributed by atoms with Crippen LogP contribution in [0.1, 0.15) is 45.4 Å². The van der Waals surface area contributed by atoms with Gasteiger partial charge in [-0.3, -0.25) is 9.79 Å². The van der Waals surface area contributed by atoms with Crippen LogP contribution in [0.3, 0.4) is 0 Å². The number of allylic oxidation sites excluding steroid dienone is 8. The van der Waals surface area contributed by atoms with E-state index in [-0.39, 0.29) is 11.8 Å². The Kier molecular flexibility index (Phi) is 9.69. The van der Waals surface area contributed by atoms with Crippen molar-refractivity contribution in [3.63, 3.8) is 0 Å². The first-order valence-electron chi connectivity index (χ1n) is 12.8. The van der Waals surface area contributed by atoms with E-state index in [0.29, 0.717) is 23.1 Å². The lowest BCUT2D eigenvalue weighted by atomic mass is 9.76. The fraction of sp³-hybridized carbons (Fsp3) is 0.483. The van der Waals surface area contributed by atoms with E-state index < -0.39 is 5.60 Å². The molecule has 0 bridgehead atoms. The number of aliphatic hydroxyl groups is 1. The SMILES string of the molecule is CN=C1C=C(N(C)C)C(NC(=O)/C(C)=C/C=C\C(=N\O)OC)=C/C1=C/C=C/C1CCC(O)(C2CC2)CC1. The van der Waals surface area contributed by atoms with Crippen molar-refractivity contribution in [1.29, 1.82) is 0 Å². The van der Waals surface area contributed by atoms with Gasteiger partial charge in [0, 0.05) is 38.4 Å². The number of rotatable bonds is 8. The Balaban J connectivity index is 1.73. The third-order valence-corrected chi connectivity index (χ3v) is 7.26. The van der Waals surface area contributed by atoms with E-state index in [1.807, 2.05) is 37.2 Å². The zero-order valence-corrected chi connectivity index (χ0v) is 22.6. The van der Waals surface area contributed by atoms with Gasteiger partial charge in [0.15, 0.2) is 0 Å². The molecule has 8 nitrogen and oxygen atoms in total. The van der Waals surface area contributed by atoms with Gasteiger partial charge >= 0.3 is 0 Å². The second-order valence-corrected chi connectivity index (χ2v) is 10.1. The number of carbonyl (C=O) groups excluding carboxylic acids is 1. The summed E-state index contributed by atoms with van der Waals surface area (Å²) in [7, 11) is 7.00. The number of ether oxygens (including phenoxy) is 1. The minimum atomic E-state index is -0.432. The lowest BCUT2D eigenvalue weighted by Gasteiger charge is -2.35. The highest BCUT2D eigenvalue weighted by Crippen LogP contribution is 2.48. The molecule has 0 aromatic heterocycles. The molecule has 0 aliphatic heterocycles. The average Bonchev–Trinajstić information content (AvgIpc) is 3.74. The van der Waals surface area contributed by atoms with E-state index in [0.717, 1.165) is 42.7 Å². The second-order valence-electron chi connectivity index (χ2n) is 10.1. The number of hydrogen-bond donors (Lipinski definition) is 3. The molecule has 2 fully saturated rings. The largest absolute Gasteiger partial charge is 0.479 e. The maximum Gasteiger partial charge on any atom is 0.251 e. The molecule has 8 heteroatoms. The van der Waals surface area contributed by atoms with E-state index in [4.69, 9.17) is 9.94 Å². The first kappa shape index (κ1) is 28.2. The van der Waals surface area contributed by atoms with Crippen LogP contribution in [-0.4, -0.2) is 66.6 Å². The molecule has 200 valence electrons. The number of aliphatic imine (C=N–C) groups is 1. The van der Waals surface area contributed by atoms with E-state index in [9.17, 15) is 9.90 Å². The number of methoxy groups -OCH3 is 1. The number of nitrogens with zero attached hydrogens (tertiary/aromatic N) is 3. The van der Waals surface area contributed by atoms with Crippen LogP contribution in [0.25, 0.3) is 0 Å². The van der Waals surface area contributed by atoms with E-state index >= 15 is 0 Å². The summed E-state index contributed by atoms with van der Waals surface area (Å²) in [5, 5.41) is 25.6. The van der Waals surface area contributed by atoms with E-state index in [2.05, 4.69) is 27.6 Å². The molecule has 37 heavy (non-hydrogen) atoms. The lowest BCUT2D eigenvalue weighted by molar-refractivity contribution is -0.116. The van der Waals surface area contributed by atoms with Gasteiger partial charge in [0.2, 0.25) is 5.90 Å². The van der Waals surface area contributed by atoms with Crippen molar-refractivity contribution in [2.24, 2.45) is 22.0 Å². The summed E-state index contributed by atoms with van der Waals surface area (Å²) in [6, 6.07) is 0. The summed E-state index contributed by atoms with van der Waals surface area (Å²) in [6.07, 6.45) is 21.1. The van der Waals surface area contributed by atoms with E-state index in [1.165, 1.54) is 26.0 Å². The van der Waals surface area contributed by atoms with Crippen LogP contribution in [0, 0.1) is 11.8 Å². The number of nitrogens with one attached hydrogen (secondary N) is 1. The van der Waals surface area contributed by atoms with Crippen molar-refractivity contribution < 1.29 is 19.8 Å². The van der Waals surface area contributed by atoms with Crippen LogP contribution >= 0.6 is 0 Å². The van der Waals surface area contributed by atoms with Gasteiger partial charge in [-0.25, -0.2) is 0 Å². The number of oxime groups is 1. The zero-order valence-electron chi connectivity index (χ0n) is 22.6. The van der Waals surface area contributed by atoms with Gasteiger partial charge in [-0.05, 0) is 74.6 Å². The van der Waals surface area contributed by atoms with Gasteiger partial charge in [-0.1, -0.05) is 30.4 Å². The molecule has 0 heterocycles. The fourth-order valence-electron chi connectivity index (χ4n) is 4.78. The molecule has 0 atom stereocenters. The van der Waals surface area contributed by atoms with Gasteiger partial charge in [0.05, 0.1) is 29.8 Å². The molecule has 0 unspecified atom stereocenters. The number of likely N-dealkylation sites (N-methyl/N-ethyl adjacent to an activating group) is 1. The van der Waals surface area contributed by atoms with Crippen LogP contribution in [-0.2, 0) is 9.53 Å². The monoisotopic (exact) mass is 508 g/mol. The van der Waals surface area contributed by atoms with Crippen LogP contribution in [0.4, 0.5) is 0 Å². The third kappa shape index (κ3) is 7.55. The summed E-state index contributed by atoms with van der Waals surface area (Å²) in [6.45, 7) is 1.71. The van der Waals surface area contributed by atoms with Gasteiger partial charge in [-0.15, -0.1) is 0 Å². The average molecular weight is 509 g/mol. The number of carbonyl (C=O) groups is 1. The summed E-state index contributed by atoms with van der Waals surface area (Å²) in [5.74, 6) is 0.778. The molecule has 0 radical (unpaired) electrons. The molecule has 0 spiro atoms. The molecule has 0 aromatic carbocycles. The molecule has 1 amide bonds. The summed E-state index contributed by atoms with van der Waals surface area (Å²) >= 11 is 0. The number of amides is 1. The molecule has 3 aliphatic rings. The van der Waals surface area contributed by atoms with Crippen molar-refractivity contribution in [3.05, 3.63) is 71.1 Å². The summed E-state index contributed by atoms with van der Waals surface area (Å²) in [4.78, 5) is 19.3. The van der Waals surface area contributed by atoms with Gasteiger partial charge < -0.3 is 25.3 Å². The predicted octanol–water partition coefficient (Wildman–Crippen LogP) is 4.27. The van der Waals surface area contributed by atoms with Crippen molar-refractivity contribution in [1.82, 2.24) is 10.2 Å². The minimum absolute atomic E-state index is 0.0401. The Labute approximate surface area is 220 Å². The maximum atomic E-state index is 12.9. The Hall–Kier alpha value is -3.39. The molecule has 0 saturated heterocycles. The number of hydrogen-bond acceptors (Lipinski definition) is 7. The van der Waals surface area contributed by atoms with E-state index in [1.54, 1.807) is 26.1 Å². The van der Waals surface area contributed by atoms with Crippen molar-refractivity contribution in [2.45, 2.75) is 51.0 Å². The molecule has 3 N–H and O–H groups in total. The Morgan fingerprint density at radius 2 is 1.89 bits per heavy atom. The smallest absolute Gasteiger partial charge is 0.251 e. The van der Waals surface area contributed by atoms with Gasteiger partial charge in [0.1, 0.15) is 0 Å². The highest BCUT2D eigenvalue weighted by Gasteiger charge is 2.45. The minimum Gasteiger partial charge on any atom is -0.479 e. The zero-order chi connectivity index (χ0) is 27.0. The third-order valence-electron chi connectivity index (χ3n) is 7.26. The molecule has 0 aromatic rings. The van der Waals surface area contributed by atoms with Gasteiger partial charge in [0.25, 0.3) is 5.91 Å². The second kappa shape index (κ2) is 12.7. The Bertz CT molecular complexity index is 1090. The highest BCUT2D eigenvalue weighted by atomic mass is 16.5. The van der Waals surface area contributed by atoms with Crippen LogP contribution in [0.15, 0.2) is 81.3 Å². The topological polar surface area (TPSA) is 107 Å². The Morgan fingerprint density at radius 1 is 1.19 bits per heavy atom. The summed E-state index contributed by atoms with van der Waals surface area (Å²) < 4.78 is 4.86. The van der Waals surface area contributed by atoms with Gasteiger partial charge in [-0.2, -0.15) is 0 Å². The lowest BCUT2D eigenvalue weighted by Crippen LogP contribution is -2.35. The summed E-state index contributed by atoms with van der Waals surface area (Å²) in [5.41, 5.74) is 3.32. The fourth-order valence-corrected chi connectivity index (χ4v) is 4.78. The van der Waals surface area contributed by atoms with Crippen molar-refractivity contribution in [3.8, 4) is 0 Å².